The number of hydrogen-bond donors (Lipinski definition) is 2. The van der Waals surface area contributed by atoms with Crippen LogP contribution in [0.25, 0.3) is 0 Å². The van der Waals surface area contributed by atoms with E-state index in [4.69, 9.17) is 0 Å². The average Bonchev–Trinajstić information content (AvgIpc) is 2.58. The van der Waals surface area contributed by atoms with Crippen molar-refractivity contribution in [3.63, 3.8) is 0 Å². The molecule has 3 heteroatoms. The van der Waals surface area contributed by atoms with E-state index in [0.717, 1.165) is 6.54 Å². The summed E-state index contributed by atoms with van der Waals surface area (Å²) < 4.78 is 0. The summed E-state index contributed by atoms with van der Waals surface area (Å²) >= 11 is 0. The number of rotatable bonds is 2. The number of hydrogen-bond acceptors (Lipinski definition) is 3. The fraction of sp³-hybridized carbons (Fsp3) is 1.00. The molecule has 0 bridgehead atoms. The van der Waals surface area contributed by atoms with Crippen molar-refractivity contribution >= 4 is 0 Å². The fourth-order valence-electron chi connectivity index (χ4n) is 2.92. The zero-order valence-corrected chi connectivity index (χ0v) is 8.19. The maximum atomic E-state index is 9.77. The molecule has 3 nitrogen and oxygen atoms in total. The van der Waals surface area contributed by atoms with Gasteiger partial charge in [0.25, 0.3) is 0 Å². The Morgan fingerprint density at radius 1 is 1.38 bits per heavy atom. The van der Waals surface area contributed by atoms with E-state index < -0.39 is 12.2 Å². The molecule has 0 aromatic carbocycles. The summed E-state index contributed by atoms with van der Waals surface area (Å²) in [6, 6.07) is 0.245. The maximum absolute atomic E-state index is 9.77. The van der Waals surface area contributed by atoms with Gasteiger partial charge in [-0.05, 0) is 25.3 Å². The molecular formula is C10H19NO2. The first-order valence-corrected chi connectivity index (χ1v) is 5.34. The molecule has 0 amide bonds. The highest BCUT2D eigenvalue weighted by molar-refractivity contribution is 5.00. The van der Waals surface area contributed by atoms with Gasteiger partial charge in [-0.3, -0.25) is 4.90 Å². The molecule has 2 saturated heterocycles. The molecular weight excluding hydrogens is 166 g/mol. The predicted octanol–water partition coefficient (Wildman–Crippen LogP) is 0.212. The van der Waals surface area contributed by atoms with Gasteiger partial charge in [-0.2, -0.15) is 0 Å². The van der Waals surface area contributed by atoms with Gasteiger partial charge in [0.2, 0.25) is 0 Å². The van der Waals surface area contributed by atoms with E-state index in [1.165, 1.54) is 19.3 Å². The first-order chi connectivity index (χ1) is 6.24. The van der Waals surface area contributed by atoms with Crippen molar-refractivity contribution in [1.29, 1.82) is 0 Å². The second kappa shape index (κ2) is 3.56. The van der Waals surface area contributed by atoms with Gasteiger partial charge in [0.1, 0.15) is 0 Å². The lowest BCUT2D eigenvalue weighted by molar-refractivity contribution is 0.0288. The van der Waals surface area contributed by atoms with E-state index in [0.29, 0.717) is 12.5 Å². The lowest BCUT2D eigenvalue weighted by atomic mass is 9.91. The van der Waals surface area contributed by atoms with Crippen LogP contribution in [0.2, 0.25) is 0 Å². The largest absolute Gasteiger partial charge is 0.389 e. The number of aliphatic hydroxyl groups is 2. The molecule has 4 atom stereocenters. The van der Waals surface area contributed by atoms with Crippen LogP contribution in [-0.4, -0.2) is 46.5 Å². The van der Waals surface area contributed by atoms with Crippen LogP contribution in [0.1, 0.15) is 26.2 Å². The van der Waals surface area contributed by atoms with E-state index in [9.17, 15) is 10.2 Å². The van der Waals surface area contributed by atoms with Gasteiger partial charge in [0.15, 0.2) is 0 Å². The number of fused-ring (bicyclic) bond motifs is 1. The van der Waals surface area contributed by atoms with Crippen LogP contribution in [-0.2, 0) is 0 Å². The van der Waals surface area contributed by atoms with Gasteiger partial charge in [0.05, 0.1) is 12.2 Å². The van der Waals surface area contributed by atoms with Gasteiger partial charge >= 0.3 is 0 Å². The molecule has 2 heterocycles. The van der Waals surface area contributed by atoms with Crippen molar-refractivity contribution in [2.24, 2.45) is 5.92 Å². The van der Waals surface area contributed by atoms with Crippen molar-refractivity contribution in [1.82, 2.24) is 4.90 Å². The zero-order chi connectivity index (χ0) is 9.42. The Balaban J connectivity index is 2.03. The van der Waals surface area contributed by atoms with Crippen molar-refractivity contribution in [3.05, 3.63) is 0 Å². The van der Waals surface area contributed by atoms with E-state index in [-0.39, 0.29) is 6.04 Å². The summed E-state index contributed by atoms with van der Waals surface area (Å²) in [6.07, 6.45) is 2.55. The maximum Gasteiger partial charge on any atom is 0.0969 e. The lowest BCUT2D eigenvalue weighted by Crippen LogP contribution is -2.36. The van der Waals surface area contributed by atoms with Gasteiger partial charge in [-0.15, -0.1) is 0 Å². The summed E-state index contributed by atoms with van der Waals surface area (Å²) in [5.74, 6) is 0.608. The molecule has 0 aliphatic carbocycles. The molecule has 2 aliphatic heterocycles. The van der Waals surface area contributed by atoms with Crippen LogP contribution in [0, 0.1) is 5.92 Å². The molecule has 2 aliphatic rings. The van der Waals surface area contributed by atoms with Crippen LogP contribution < -0.4 is 0 Å². The fourth-order valence-corrected chi connectivity index (χ4v) is 2.92. The number of nitrogens with zero attached hydrogens (tertiary/aromatic N) is 1. The van der Waals surface area contributed by atoms with Gasteiger partial charge < -0.3 is 10.2 Å². The predicted molar refractivity (Wildman–Crippen MR) is 50.4 cm³/mol. The molecule has 0 aromatic rings. The molecule has 2 rings (SSSR count). The molecule has 0 radical (unpaired) electrons. The third-order valence-electron chi connectivity index (χ3n) is 3.52. The van der Waals surface area contributed by atoms with E-state index in [1.807, 2.05) is 0 Å². The first kappa shape index (κ1) is 9.44. The quantitative estimate of drug-likeness (QED) is 0.646. The SMILES string of the molecule is CCC[C@H]1CCN2C[C@H](O)[C@@H](O)[C@H]12. The standard InChI is InChI=1S/C10H19NO2/c1-2-3-7-4-5-11-6-8(12)10(13)9(7)11/h7-10,12-13H,2-6H2,1H3/t7-,8-,9-,10+/m0/s1. The zero-order valence-electron chi connectivity index (χ0n) is 8.19. The van der Waals surface area contributed by atoms with E-state index >= 15 is 0 Å². The molecule has 0 spiro atoms. The van der Waals surface area contributed by atoms with Crippen LogP contribution in [0.4, 0.5) is 0 Å². The molecule has 0 aromatic heterocycles. The summed E-state index contributed by atoms with van der Waals surface area (Å²) in [6.45, 7) is 3.91. The van der Waals surface area contributed by atoms with Gasteiger partial charge in [-0.25, -0.2) is 0 Å². The Labute approximate surface area is 79.4 Å². The second-order valence-corrected chi connectivity index (χ2v) is 4.38. The average molecular weight is 185 g/mol. The minimum atomic E-state index is -0.510. The number of aliphatic hydroxyl groups excluding tert-OH is 2. The van der Waals surface area contributed by atoms with Crippen molar-refractivity contribution < 1.29 is 10.2 Å². The normalized spacial score (nSPS) is 45.5. The second-order valence-electron chi connectivity index (χ2n) is 4.38. The summed E-state index contributed by atoms with van der Waals surface area (Å²) in [4.78, 5) is 2.25. The summed E-state index contributed by atoms with van der Waals surface area (Å²) in [5.41, 5.74) is 0. The smallest absolute Gasteiger partial charge is 0.0969 e. The molecule has 0 unspecified atom stereocenters. The Hall–Kier alpha value is -0.120. The minimum Gasteiger partial charge on any atom is -0.389 e. The van der Waals surface area contributed by atoms with Crippen LogP contribution in [0.15, 0.2) is 0 Å². The van der Waals surface area contributed by atoms with Crippen molar-refractivity contribution in [2.45, 2.75) is 44.4 Å². The molecule has 0 saturated carbocycles. The Morgan fingerprint density at radius 3 is 2.85 bits per heavy atom. The minimum absolute atomic E-state index is 0.245. The van der Waals surface area contributed by atoms with E-state index in [1.54, 1.807) is 0 Å². The Morgan fingerprint density at radius 2 is 2.15 bits per heavy atom. The molecule has 2 N–H and O–H groups in total. The van der Waals surface area contributed by atoms with Crippen molar-refractivity contribution in [3.8, 4) is 0 Å². The topological polar surface area (TPSA) is 43.7 Å². The lowest BCUT2D eigenvalue weighted by Gasteiger charge is -2.22. The highest BCUT2D eigenvalue weighted by atomic mass is 16.3. The third kappa shape index (κ3) is 1.49. The monoisotopic (exact) mass is 185 g/mol. The molecule has 76 valence electrons. The van der Waals surface area contributed by atoms with Crippen LogP contribution in [0.3, 0.4) is 0 Å². The Bertz CT molecular complexity index is 182. The van der Waals surface area contributed by atoms with Gasteiger partial charge in [0, 0.05) is 12.6 Å². The Kier molecular flexibility index (Phi) is 2.58. The summed E-state index contributed by atoms with van der Waals surface area (Å²) in [7, 11) is 0. The van der Waals surface area contributed by atoms with Crippen LogP contribution >= 0.6 is 0 Å². The molecule has 2 fully saturated rings. The van der Waals surface area contributed by atoms with Gasteiger partial charge in [-0.1, -0.05) is 13.3 Å². The summed E-state index contributed by atoms with van der Waals surface area (Å²) in [5, 5.41) is 19.3. The third-order valence-corrected chi connectivity index (χ3v) is 3.52. The van der Waals surface area contributed by atoms with E-state index in [2.05, 4.69) is 11.8 Å². The highest BCUT2D eigenvalue weighted by Crippen LogP contribution is 2.35. The molecule has 13 heavy (non-hydrogen) atoms. The van der Waals surface area contributed by atoms with Crippen LogP contribution in [0.5, 0.6) is 0 Å². The first-order valence-electron chi connectivity index (χ1n) is 5.34. The van der Waals surface area contributed by atoms with Crippen molar-refractivity contribution in [2.75, 3.05) is 13.1 Å². The highest BCUT2D eigenvalue weighted by Gasteiger charge is 2.46.